The van der Waals surface area contributed by atoms with E-state index < -0.39 is 11.4 Å². The number of halogens is 1. The van der Waals surface area contributed by atoms with Gasteiger partial charge in [-0.3, -0.25) is 4.79 Å². The van der Waals surface area contributed by atoms with Crippen LogP contribution in [-0.4, -0.2) is 16.4 Å². The molecule has 3 heteroatoms. The summed E-state index contributed by atoms with van der Waals surface area (Å²) in [6.45, 7) is 12.6. The molecule has 0 aromatic heterocycles. The zero-order valence-corrected chi connectivity index (χ0v) is 13.6. The van der Waals surface area contributed by atoms with Gasteiger partial charge in [0, 0.05) is 5.33 Å². The van der Waals surface area contributed by atoms with E-state index in [4.69, 9.17) is 0 Å². The zero-order valence-electron chi connectivity index (χ0n) is 12.1. The second-order valence-electron chi connectivity index (χ2n) is 6.45. The summed E-state index contributed by atoms with van der Waals surface area (Å²) in [5, 5.41) is 10.2. The third-order valence-corrected chi connectivity index (χ3v) is 5.51. The molecule has 0 aliphatic heterocycles. The van der Waals surface area contributed by atoms with E-state index in [1.54, 1.807) is 0 Å². The molecular weight excluding hydrogens is 280 g/mol. The van der Waals surface area contributed by atoms with E-state index >= 15 is 0 Å². The molecule has 102 valence electrons. The number of hydrogen-bond donors (Lipinski definition) is 1. The van der Waals surface area contributed by atoms with Crippen molar-refractivity contribution >= 4 is 21.9 Å². The molecule has 1 unspecified atom stereocenters. The molecule has 0 radical (unpaired) electrons. The number of alkyl halides is 1. The highest BCUT2D eigenvalue weighted by Gasteiger charge is 2.51. The van der Waals surface area contributed by atoms with Gasteiger partial charge >= 0.3 is 5.97 Å². The average Bonchev–Trinajstić information content (AvgIpc) is 2.25. The number of carboxylic acid groups (broad SMARTS) is 1. The average molecular weight is 307 g/mol. The summed E-state index contributed by atoms with van der Waals surface area (Å²) in [5.74, 6) is -0.678. The van der Waals surface area contributed by atoms with Crippen LogP contribution in [0.2, 0.25) is 0 Å². The number of carbonyl (C=O) groups is 1. The lowest BCUT2D eigenvalue weighted by molar-refractivity contribution is -0.158. The quantitative estimate of drug-likeness (QED) is 0.691. The van der Waals surface area contributed by atoms with Gasteiger partial charge in [0.15, 0.2) is 0 Å². The number of aliphatic carboxylic acids is 1. The van der Waals surface area contributed by atoms with E-state index in [9.17, 15) is 9.90 Å². The SMILES string of the molecule is CCC(C)(C)CC(CBr)(C(=O)O)C(C)(C)CC. The van der Waals surface area contributed by atoms with Crippen molar-refractivity contribution in [2.45, 2.75) is 60.8 Å². The monoisotopic (exact) mass is 306 g/mol. The van der Waals surface area contributed by atoms with Gasteiger partial charge in [0.2, 0.25) is 0 Å². The third kappa shape index (κ3) is 3.46. The number of rotatable bonds is 7. The molecule has 0 heterocycles. The van der Waals surface area contributed by atoms with E-state index in [0.29, 0.717) is 11.8 Å². The molecule has 0 aromatic carbocycles. The second-order valence-corrected chi connectivity index (χ2v) is 7.01. The fourth-order valence-electron chi connectivity index (χ4n) is 2.17. The van der Waals surface area contributed by atoms with Gasteiger partial charge in [-0.25, -0.2) is 0 Å². The second kappa shape index (κ2) is 5.73. The third-order valence-electron chi connectivity index (χ3n) is 4.55. The summed E-state index contributed by atoms with van der Waals surface area (Å²) < 4.78 is 0. The molecule has 0 saturated carbocycles. The molecule has 0 aliphatic rings. The van der Waals surface area contributed by atoms with Crippen LogP contribution in [0, 0.1) is 16.2 Å². The summed E-state index contributed by atoms with van der Waals surface area (Å²) in [5.41, 5.74) is -0.853. The maximum absolute atomic E-state index is 11.8. The Labute approximate surface area is 114 Å². The molecule has 2 nitrogen and oxygen atoms in total. The molecule has 0 bridgehead atoms. The lowest BCUT2D eigenvalue weighted by atomic mass is 9.58. The van der Waals surface area contributed by atoms with Gasteiger partial charge in [0.25, 0.3) is 0 Å². The van der Waals surface area contributed by atoms with Crippen LogP contribution in [0.5, 0.6) is 0 Å². The first-order chi connectivity index (χ1) is 7.58. The van der Waals surface area contributed by atoms with Crippen LogP contribution in [0.3, 0.4) is 0 Å². The summed E-state index contributed by atoms with van der Waals surface area (Å²) in [6, 6.07) is 0. The molecule has 1 atom stereocenters. The Bertz CT molecular complexity index is 271. The van der Waals surface area contributed by atoms with Gasteiger partial charge in [-0.05, 0) is 23.7 Å². The predicted octanol–water partition coefficient (Wildman–Crippen LogP) is 4.71. The highest BCUT2D eigenvalue weighted by Crippen LogP contribution is 2.51. The van der Waals surface area contributed by atoms with E-state index in [2.05, 4.69) is 57.5 Å². The van der Waals surface area contributed by atoms with Crippen molar-refractivity contribution in [2.24, 2.45) is 16.2 Å². The molecule has 0 aliphatic carbocycles. The first kappa shape index (κ1) is 16.9. The van der Waals surface area contributed by atoms with Gasteiger partial charge in [0.1, 0.15) is 0 Å². The van der Waals surface area contributed by atoms with Crippen LogP contribution >= 0.6 is 15.9 Å². The fraction of sp³-hybridized carbons (Fsp3) is 0.929. The fourth-order valence-corrected chi connectivity index (χ4v) is 3.37. The Kier molecular flexibility index (Phi) is 5.71. The van der Waals surface area contributed by atoms with Crippen LogP contribution in [0.4, 0.5) is 0 Å². The van der Waals surface area contributed by atoms with Crippen molar-refractivity contribution < 1.29 is 9.90 Å². The minimum Gasteiger partial charge on any atom is -0.481 e. The van der Waals surface area contributed by atoms with Crippen molar-refractivity contribution in [3.63, 3.8) is 0 Å². The smallest absolute Gasteiger partial charge is 0.311 e. The molecule has 0 rings (SSSR count). The summed E-state index contributed by atoms with van der Waals surface area (Å²) in [7, 11) is 0. The Balaban J connectivity index is 5.47. The van der Waals surface area contributed by atoms with Crippen LogP contribution in [0.15, 0.2) is 0 Å². The summed E-state index contributed by atoms with van der Waals surface area (Å²) in [4.78, 5) is 11.8. The van der Waals surface area contributed by atoms with Crippen LogP contribution in [0.1, 0.15) is 60.8 Å². The zero-order chi connectivity index (χ0) is 13.9. The van der Waals surface area contributed by atoms with Crippen molar-refractivity contribution in [2.75, 3.05) is 5.33 Å². The normalized spacial score (nSPS) is 16.6. The van der Waals surface area contributed by atoms with Crippen LogP contribution < -0.4 is 0 Å². The molecule has 0 spiro atoms. The van der Waals surface area contributed by atoms with Crippen molar-refractivity contribution in [3.8, 4) is 0 Å². The predicted molar refractivity (Wildman–Crippen MR) is 76.6 cm³/mol. The minimum absolute atomic E-state index is 0.0542. The molecular formula is C14H27BrO2. The van der Waals surface area contributed by atoms with E-state index in [-0.39, 0.29) is 10.8 Å². The Hall–Kier alpha value is -0.0500. The first-order valence-corrected chi connectivity index (χ1v) is 7.50. The van der Waals surface area contributed by atoms with Crippen molar-refractivity contribution in [3.05, 3.63) is 0 Å². The van der Waals surface area contributed by atoms with Crippen molar-refractivity contribution in [1.82, 2.24) is 0 Å². The molecule has 17 heavy (non-hydrogen) atoms. The van der Waals surface area contributed by atoms with Gasteiger partial charge in [-0.15, -0.1) is 0 Å². The number of carboxylic acids is 1. The van der Waals surface area contributed by atoms with Gasteiger partial charge in [0.05, 0.1) is 5.41 Å². The van der Waals surface area contributed by atoms with Gasteiger partial charge in [-0.2, -0.15) is 0 Å². The van der Waals surface area contributed by atoms with Crippen LogP contribution in [-0.2, 0) is 4.79 Å². The molecule has 0 aromatic rings. The molecule has 0 fully saturated rings. The topological polar surface area (TPSA) is 37.3 Å². The molecule has 0 saturated heterocycles. The van der Waals surface area contributed by atoms with E-state index in [1.165, 1.54) is 0 Å². The maximum atomic E-state index is 11.8. The van der Waals surface area contributed by atoms with E-state index in [1.807, 2.05) is 0 Å². The van der Waals surface area contributed by atoms with Gasteiger partial charge in [-0.1, -0.05) is 63.9 Å². The van der Waals surface area contributed by atoms with Gasteiger partial charge < -0.3 is 5.11 Å². The summed E-state index contributed by atoms with van der Waals surface area (Å²) >= 11 is 3.45. The van der Waals surface area contributed by atoms with Crippen LogP contribution in [0.25, 0.3) is 0 Å². The lowest BCUT2D eigenvalue weighted by Crippen LogP contribution is -2.48. The highest BCUT2D eigenvalue weighted by molar-refractivity contribution is 9.09. The molecule has 0 amide bonds. The Morgan fingerprint density at radius 1 is 1.12 bits per heavy atom. The standard InChI is InChI=1S/C14H27BrO2/c1-7-12(3,4)9-14(10-15,11(16)17)13(5,6)8-2/h7-10H2,1-6H3,(H,16,17). The largest absolute Gasteiger partial charge is 0.481 e. The number of hydrogen-bond acceptors (Lipinski definition) is 1. The lowest BCUT2D eigenvalue weighted by Gasteiger charge is -2.46. The first-order valence-electron chi connectivity index (χ1n) is 6.38. The molecule has 1 N–H and O–H groups in total. The minimum atomic E-state index is -0.693. The highest BCUT2D eigenvalue weighted by atomic mass is 79.9. The Morgan fingerprint density at radius 2 is 1.59 bits per heavy atom. The van der Waals surface area contributed by atoms with Crippen molar-refractivity contribution in [1.29, 1.82) is 0 Å². The van der Waals surface area contributed by atoms with E-state index in [0.717, 1.165) is 12.8 Å². The summed E-state index contributed by atoms with van der Waals surface area (Å²) in [6.07, 6.45) is 2.57. The Morgan fingerprint density at radius 3 is 1.82 bits per heavy atom. The maximum Gasteiger partial charge on any atom is 0.311 e.